The minimum absolute atomic E-state index is 0.213. The Morgan fingerprint density at radius 1 is 0.917 bits per heavy atom. The van der Waals surface area contributed by atoms with E-state index < -0.39 is 24.0 Å². The van der Waals surface area contributed by atoms with Gasteiger partial charge < -0.3 is 29.0 Å². The van der Waals surface area contributed by atoms with Gasteiger partial charge in [0.25, 0.3) is 0 Å². The van der Waals surface area contributed by atoms with Gasteiger partial charge in [-0.3, -0.25) is 0 Å². The van der Waals surface area contributed by atoms with Gasteiger partial charge in [0.2, 0.25) is 0 Å². The molecule has 0 aliphatic carbocycles. The van der Waals surface area contributed by atoms with Crippen molar-refractivity contribution in [3.63, 3.8) is 0 Å². The fourth-order valence-corrected chi connectivity index (χ4v) is 3.32. The van der Waals surface area contributed by atoms with Crippen molar-refractivity contribution < 1.29 is 38.0 Å². The number of rotatable bonds is 17. The maximum absolute atomic E-state index is 13.1. The molecular weight excluding hydrogens is 469 g/mol. The summed E-state index contributed by atoms with van der Waals surface area (Å²) in [5.41, 5.74) is 0.813. The predicted octanol–water partition coefficient (Wildman–Crippen LogP) is 4.94. The molecule has 0 bridgehead atoms. The van der Waals surface area contributed by atoms with Crippen molar-refractivity contribution in [2.45, 2.75) is 45.6 Å². The summed E-state index contributed by atoms with van der Waals surface area (Å²) in [5, 5.41) is 9.24. The number of unbranched alkanes of at least 4 members (excludes halogenated alkanes) is 2. The van der Waals surface area contributed by atoms with Crippen molar-refractivity contribution in [3.8, 4) is 11.5 Å². The van der Waals surface area contributed by atoms with E-state index in [4.69, 9.17) is 18.9 Å². The number of carbonyl (C=O) groups is 2. The Bertz CT molecular complexity index is 905. The molecule has 198 valence electrons. The summed E-state index contributed by atoms with van der Waals surface area (Å²) in [6.07, 6.45) is 1.94. The molecule has 0 aromatic heterocycles. The second kappa shape index (κ2) is 16.5. The van der Waals surface area contributed by atoms with Crippen LogP contribution < -0.4 is 9.47 Å². The SMILES string of the molecule is CCCCCOCCN(CCOc1ccc(CC(OCC)C(=O)O)cc1)C(=O)Oc1ccc(F)cc1. The molecule has 0 spiro atoms. The summed E-state index contributed by atoms with van der Waals surface area (Å²) < 4.78 is 35.2. The Morgan fingerprint density at radius 3 is 2.22 bits per heavy atom. The number of halogens is 1. The van der Waals surface area contributed by atoms with Crippen LogP contribution in [0.1, 0.15) is 38.7 Å². The normalized spacial score (nSPS) is 11.6. The van der Waals surface area contributed by atoms with Gasteiger partial charge in [-0.2, -0.15) is 0 Å². The standard InChI is InChI=1S/C27H36FNO7/c1-3-5-6-17-33-18-15-29(27(32)36-24-13-9-22(28)10-14-24)16-19-35-23-11-7-21(8-12-23)20-25(26(30)31)34-4-2/h7-14,25H,3-6,15-20H2,1-2H3,(H,30,31). The third-order valence-electron chi connectivity index (χ3n) is 5.29. The summed E-state index contributed by atoms with van der Waals surface area (Å²) in [7, 11) is 0. The van der Waals surface area contributed by atoms with Crippen LogP contribution in [0.3, 0.4) is 0 Å². The lowest BCUT2D eigenvalue weighted by atomic mass is 10.1. The van der Waals surface area contributed by atoms with Crippen molar-refractivity contribution >= 4 is 12.1 Å². The lowest BCUT2D eigenvalue weighted by molar-refractivity contribution is -0.149. The number of amides is 1. The quantitative estimate of drug-likeness (QED) is 0.304. The zero-order valence-corrected chi connectivity index (χ0v) is 21.0. The Hall–Kier alpha value is -3.17. The van der Waals surface area contributed by atoms with Crippen molar-refractivity contribution in [3.05, 3.63) is 59.9 Å². The third kappa shape index (κ3) is 11.0. The van der Waals surface area contributed by atoms with Crippen molar-refractivity contribution in [1.29, 1.82) is 0 Å². The van der Waals surface area contributed by atoms with Gasteiger partial charge in [-0.25, -0.2) is 14.0 Å². The molecule has 8 nitrogen and oxygen atoms in total. The smallest absolute Gasteiger partial charge is 0.415 e. The predicted molar refractivity (Wildman–Crippen MR) is 133 cm³/mol. The molecule has 0 heterocycles. The van der Waals surface area contributed by atoms with Crippen LogP contribution in [0.5, 0.6) is 11.5 Å². The molecule has 36 heavy (non-hydrogen) atoms. The number of ether oxygens (including phenoxy) is 4. The number of benzene rings is 2. The Kier molecular flexibility index (Phi) is 13.3. The van der Waals surface area contributed by atoms with Gasteiger partial charge in [-0.05, 0) is 55.3 Å². The molecule has 0 aliphatic heterocycles. The van der Waals surface area contributed by atoms with E-state index in [1.54, 1.807) is 31.2 Å². The molecule has 1 N–H and O–H groups in total. The number of hydrogen-bond donors (Lipinski definition) is 1. The van der Waals surface area contributed by atoms with Crippen LogP contribution in [0.4, 0.5) is 9.18 Å². The molecule has 1 unspecified atom stereocenters. The molecule has 2 aromatic rings. The zero-order chi connectivity index (χ0) is 26.2. The lowest BCUT2D eigenvalue weighted by Gasteiger charge is -2.22. The van der Waals surface area contributed by atoms with Gasteiger partial charge in [0, 0.05) is 26.2 Å². The fourth-order valence-electron chi connectivity index (χ4n) is 3.32. The summed E-state index contributed by atoms with van der Waals surface area (Å²) >= 11 is 0. The summed E-state index contributed by atoms with van der Waals surface area (Å²) in [6, 6.07) is 12.3. The highest BCUT2D eigenvalue weighted by molar-refractivity contribution is 5.72. The van der Waals surface area contributed by atoms with E-state index in [0.717, 1.165) is 24.8 Å². The first kappa shape index (κ1) is 29.1. The number of carbonyl (C=O) groups excluding carboxylic acids is 1. The molecule has 0 saturated heterocycles. The van der Waals surface area contributed by atoms with Gasteiger partial charge in [0.15, 0.2) is 6.10 Å². The summed E-state index contributed by atoms with van der Waals surface area (Å²) in [4.78, 5) is 25.5. The van der Waals surface area contributed by atoms with Crippen LogP contribution in [0.15, 0.2) is 48.5 Å². The van der Waals surface area contributed by atoms with E-state index in [0.29, 0.717) is 32.1 Å². The highest BCUT2D eigenvalue weighted by Gasteiger charge is 2.18. The highest BCUT2D eigenvalue weighted by atomic mass is 19.1. The van der Waals surface area contributed by atoms with Crippen LogP contribution in [0, 0.1) is 5.82 Å². The zero-order valence-electron chi connectivity index (χ0n) is 21.0. The largest absolute Gasteiger partial charge is 0.492 e. The number of aliphatic carboxylic acids is 1. The molecular formula is C27H36FNO7. The van der Waals surface area contributed by atoms with Crippen LogP contribution >= 0.6 is 0 Å². The number of hydrogen-bond acceptors (Lipinski definition) is 6. The van der Waals surface area contributed by atoms with E-state index in [2.05, 4.69) is 6.92 Å². The maximum Gasteiger partial charge on any atom is 0.415 e. The molecule has 1 atom stereocenters. The highest BCUT2D eigenvalue weighted by Crippen LogP contribution is 2.16. The average molecular weight is 506 g/mol. The number of carboxylic acids is 1. The Morgan fingerprint density at radius 2 is 1.58 bits per heavy atom. The summed E-state index contributed by atoms with van der Waals surface area (Å²) in [6.45, 7) is 5.98. The van der Waals surface area contributed by atoms with E-state index >= 15 is 0 Å². The van der Waals surface area contributed by atoms with Crippen molar-refractivity contribution in [1.82, 2.24) is 4.90 Å². The van der Waals surface area contributed by atoms with E-state index in [1.165, 1.54) is 29.2 Å². The summed E-state index contributed by atoms with van der Waals surface area (Å²) in [5.74, 6) is -0.578. The van der Waals surface area contributed by atoms with Gasteiger partial charge in [-0.15, -0.1) is 0 Å². The first-order valence-electron chi connectivity index (χ1n) is 12.3. The number of nitrogens with zero attached hydrogens (tertiary/aromatic N) is 1. The minimum Gasteiger partial charge on any atom is -0.492 e. The second-order valence-electron chi connectivity index (χ2n) is 8.11. The van der Waals surface area contributed by atoms with Crippen LogP contribution in [-0.2, 0) is 20.7 Å². The first-order valence-corrected chi connectivity index (χ1v) is 12.3. The molecule has 2 rings (SSSR count). The molecule has 0 fully saturated rings. The lowest BCUT2D eigenvalue weighted by Crippen LogP contribution is -2.39. The van der Waals surface area contributed by atoms with Crippen LogP contribution in [0.2, 0.25) is 0 Å². The van der Waals surface area contributed by atoms with E-state index in [-0.39, 0.29) is 25.3 Å². The Balaban J connectivity index is 1.88. The average Bonchev–Trinajstić information content (AvgIpc) is 2.87. The molecule has 0 aliphatic rings. The van der Waals surface area contributed by atoms with Gasteiger partial charge >= 0.3 is 12.1 Å². The van der Waals surface area contributed by atoms with Crippen LogP contribution in [-0.4, -0.2) is 67.7 Å². The first-order chi connectivity index (χ1) is 17.4. The second-order valence-corrected chi connectivity index (χ2v) is 8.11. The molecule has 0 radical (unpaired) electrons. The van der Waals surface area contributed by atoms with Crippen LogP contribution in [0.25, 0.3) is 0 Å². The van der Waals surface area contributed by atoms with Gasteiger partial charge in [0.1, 0.15) is 23.9 Å². The number of carboxylic acid groups (broad SMARTS) is 1. The molecule has 0 saturated carbocycles. The van der Waals surface area contributed by atoms with Gasteiger partial charge in [0.05, 0.1) is 13.2 Å². The van der Waals surface area contributed by atoms with E-state index in [1.807, 2.05) is 0 Å². The van der Waals surface area contributed by atoms with E-state index in [9.17, 15) is 19.1 Å². The fraction of sp³-hybridized carbons (Fsp3) is 0.481. The monoisotopic (exact) mass is 505 g/mol. The van der Waals surface area contributed by atoms with Gasteiger partial charge in [-0.1, -0.05) is 31.9 Å². The topological polar surface area (TPSA) is 94.5 Å². The molecule has 2 aromatic carbocycles. The Labute approximate surface area is 211 Å². The maximum atomic E-state index is 13.1. The third-order valence-corrected chi connectivity index (χ3v) is 5.29. The van der Waals surface area contributed by atoms with Crippen molar-refractivity contribution in [2.75, 3.05) is 39.5 Å². The molecule has 1 amide bonds. The molecule has 9 heteroatoms. The van der Waals surface area contributed by atoms with Crippen molar-refractivity contribution in [2.24, 2.45) is 0 Å². The minimum atomic E-state index is -1.00.